The molecule has 0 saturated carbocycles. The van der Waals surface area contributed by atoms with Crippen molar-refractivity contribution in [3.8, 4) is 0 Å². The molecule has 1 fully saturated rings. The summed E-state index contributed by atoms with van der Waals surface area (Å²) in [5, 5.41) is 31.9. The zero-order chi connectivity index (χ0) is 22.3. The Balaban J connectivity index is 2.16. The Kier molecular flexibility index (Phi) is 8.26. The number of aromatic nitrogens is 2. The van der Waals surface area contributed by atoms with Crippen molar-refractivity contribution >= 4 is 23.7 Å². The smallest absolute Gasteiger partial charge is 0.328 e. The van der Waals surface area contributed by atoms with Crippen LogP contribution in [0.5, 0.6) is 0 Å². The maximum absolute atomic E-state index is 13.2. The molecule has 1 aromatic rings. The molecule has 166 valence electrons. The number of aliphatic carboxylic acids is 1. The van der Waals surface area contributed by atoms with Gasteiger partial charge >= 0.3 is 5.97 Å². The summed E-state index contributed by atoms with van der Waals surface area (Å²) in [7, 11) is 0. The van der Waals surface area contributed by atoms with Gasteiger partial charge in [0.05, 0.1) is 19.5 Å². The maximum Gasteiger partial charge on any atom is 0.328 e. The summed E-state index contributed by atoms with van der Waals surface area (Å²) >= 11 is 0. The third-order valence-electron chi connectivity index (χ3n) is 4.76. The highest BCUT2D eigenvalue weighted by Crippen LogP contribution is 2.20. The highest BCUT2D eigenvalue weighted by Gasteiger charge is 2.39. The number of nitrogens with zero attached hydrogens (tertiary/aromatic N) is 2. The van der Waals surface area contributed by atoms with E-state index in [0.29, 0.717) is 18.5 Å². The molecule has 1 aliphatic rings. The maximum atomic E-state index is 13.2. The standard InChI is InChI=1S/C17H26N6O7/c18-10(6-24)14(26)21-11(4-9-5-19-8-20-9)16(28)23-3-1-2-13(23)15(27)22-12(7-25)17(29)30/h5,8,10-13,24-25H,1-4,6-7,18H2,(H,19,20)(H,21,26)(H,22,27)(H,29,30). The Labute approximate surface area is 171 Å². The number of rotatable bonds is 10. The first-order valence-corrected chi connectivity index (χ1v) is 9.37. The molecule has 0 radical (unpaired) electrons. The molecular weight excluding hydrogens is 400 g/mol. The van der Waals surface area contributed by atoms with Gasteiger partial charge in [0.15, 0.2) is 0 Å². The van der Waals surface area contributed by atoms with Crippen LogP contribution in [-0.4, -0.2) is 97.8 Å². The summed E-state index contributed by atoms with van der Waals surface area (Å²) in [5.41, 5.74) is 6.07. The van der Waals surface area contributed by atoms with Crippen molar-refractivity contribution in [3.63, 3.8) is 0 Å². The number of imidazole rings is 1. The van der Waals surface area contributed by atoms with Crippen LogP contribution in [0, 0.1) is 0 Å². The Bertz CT molecular complexity index is 756. The number of carbonyl (C=O) groups is 4. The number of aliphatic hydroxyl groups excluding tert-OH is 2. The average Bonchev–Trinajstić information content (AvgIpc) is 3.41. The van der Waals surface area contributed by atoms with Crippen molar-refractivity contribution < 1.29 is 34.5 Å². The monoisotopic (exact) mass is 426 g/mol. The molecule has 2 rings (SSSR count). The second-order valence-corrected chi connectivity index (χ2v) is 6.90. The van der Waals surface area contributed by atoms with Gasteiger partial charge in [-0.1, -0.05) is 0 Å². The average molecular weight is 426 g/mol. The molecule has 1 saturated heterocycles. The third-order valence-corrected chi connectivity index (χ3v) is 4.76. The van der Waals surface area contributed by atoms with Crippen LogP contribution in [0.4, 0.5) is 0 Å². The number of amides is 3. The molecular formula is C17H26N6O7. The highest BCUT2D eigenvalue weighted by atomic mass is 16.4. The molecule has 4 unspecified atom stereocenters. The van der Waals surface area contributed by atoms with Crippen LogP contribution >= 0.6 is 0 Å². The molecule has 3 amide bonds. The SMILES string of the molecule is NC(CO)C(=O)NC(Cc1cnc[nH]1)C(=O)N1CCCC1C(=O)NC(CO)C(=O)O. The molecule has 8 N–H and O–H groups in total. The van der Waals surface area contributed by atoms with Gasteiger partial charge in [0.2, 0.25) is 17.7 Å². The van der Waals surface area contributed by atoms with Crippen LogP contribution in [0.3, 0.4) is 0 Å². The quantitative estimate of drug-likeness (QED) is 0.196. The van der Waals surface area contributed by atoms with Gasteiger partial charge in [0.25, 0.3) is 0 Å². The lowest BCUT2D eigenvalue weighted by molar-refractivity contribution is -0.145. The summed E-state index contributed by atoms with van der Waals surface area (Å²) in [6.07, 6.45) is 3.73. The number of aromatic amines is 1. The lowest BCUT2D eigenvalue weighted by Gasteiger charge is -2.29. The Morgan fingerprint density at radius 3 is 2.53 bits per heavy atom. The number of carboxylic acid groups (broad SMARTS) is 1. The molecule has 2 heterocycles. The minimum Gasteiger partial charge on any atom is -0.480 e. The van der Waals surface area contributed by atoms with E-state index in [9.17, 15) is 19.2 Å². The second kappa shape index (κ2) is 10.7. The van der Waals surface area contributed by atoms with E-state index in [-0.39, 0.29) is 13.0 Å². The van der Waals surface area contributed by atoms with E-state index in [2.05, 4.69) is 20.6 Å². The number of H-pyrrole nitrogens is 1. The fraction of sp³-hybridized carbons (Fsp3) is 0.588. The van der Waals surface area contributed by atoms with Gasteiger partial charge in [-0.2, -0.15) is 0 Å². The minimum atomic E-state index is -1.49. The summed E-state index contributed by atoms with van der Waals surface area (Å²) in [6, 6.07) is -4.74. The molecule has 13 heteroatoms. The molecule has 1 aliphatic heterocycles. The van der Waals surface area contributed by atoms with Gasteiger partial charge in [-0.05, 0) is 12.8 Å². The van der Waals surface area contributed by atoms with Crippen LogP contribution in [0.2, 0.25) is 0 Å². The Morgan fingerprint density at radius 2 is 1.97 bits per heavy atom. The first-order chi connectivity index (χ1) is 14.3. The van der Waals surface area contributed by atoms with Crippen molar-refractivity contribution in [1.82, 2.24) is 25.5 Å². The van der Waals surface area contributed by atoms with Crippen molar-refractivity contribution in [2.75, 3.05) is 19.8 Å². The summed E-state index contributed by atoms with van der Waals surface area (Å²) in [4.78, 5) is 56.8. The molecule has 13 nitrogen and oxygen atoms in total. The van der Waals surface area contributed by atoms with E-state index in [1.54, 1.807) is 0 Å². The lowest BCUT2D eigenvalue weighted by Crippen LogP contribution is -2.58. The number of hydrogen-bond acceptors (Lipinski definition) is 8. The fourth-order valence-corrected chi connectivity index (χ4v) is 3.13. The van der Waals surface area contributed by atoms with Crippen LogP contribution in [0.1, 0.15) is 18.5 Å². The molecule has 0 aliphatic carbocycles. The molecule has 1 aromatic heterocycles. The van der Waals surface area contributed by atoms with Crippen molar-refractivity contribution in [1.29, 1.82) is 0 Å². The first-order valence-electron chi connectivity index (χ1n) is 9.37. The number of hydrogen-bond donors (Lipinski definition) is 7. The van der Waals surface area contributed by atoms with Crippen LogP contribution in [0.15, 0.2) is 12.5 Å². The normalized spacial score (nSPS) is 19.0. The number of aliphatic hydroxyl groups is 2. The van der Waals surface area contributed by atoms with Crippen LogP contribution in [-0.2, 0) is 25.6 Å². The van der Waals surface area contributed by atoms with Gasteiger partial charge in [0, 0.05) is 24.9 Å². The van der Waals surface area contributed by atoms with Gasteiger partial charge in [-0.25, -0.2) is 9.78 Å². The zero-order valence-corrected chi connectivity index (χ0v) is 16.2. The number of likely N-dealkylation sites (tertiary alicyclic amines) is 1. The summed E-state index contributed by atoms with van der Waals surface area (Å²) < 4.78 is 0. The van der Waals surface area contributed by atoms with E-state index >= 15 is 0 Å². The topological polar surface area (TPSA) is 211 Å². The van der Waals surface area contributed by atoms with Gasteiger partial charge in [-0.15, -0.1) is 0 Å². The highest BCUT2D eigenvalue weighted by molar-refractivity contribution is 5.94. The van der Waals surface area contributed by atoms with E-state index in [0.717, 1.165) is 0 Å². The van der Waals surface area contributed by atoms with E-state index < -0.39 is 61.1 Å². The lowest BCUT2D eigenvalue weighted by atomic mass is 10.1. The molecule has 4 atom stereocenters. The zero-order valence-electron chi connectivity index (χ0n) is 16.2. The summed E-state index contributed by atoms with van der Waals surface area (Å²) in [5.74, 6) is -3.40. The number of nitrogens with one attached hydrogen (secondary N) is 3. The Hall–Kier alpha value is -3.03. The second-order valence-electron chi connectivity index (χ2n) is 6.90. The minimum absolute atomic E-state index is 0.0436. The van der Waals surface area contributed by atoms with Gasteiger partial charge in [-0.3, -0.25) is 14.4 Å². The number of nitrogens with two attached hydrogens (primary N) is 1. The predicted octanol–water partition coefficient (Wildman–Crippen LogP) is -3.69. The van der Waals surface area contributed by atoms with Gasteiger partial charge < -0.3 is 41.6 Å². The molecule has 30 heavy (non-hydrogen) atoms. The number of carbonyl (C=O) groups excluding carboxylic acids is 3. The van der Waals surface area contributed by atoms with E-state index in [1.807, 2.05) is 0 Å². The first kappa shape index (κ1) is 23.3. The number of carboxylic acids is 1. The molecule has 0 spiro atoms. The fourth-order valence-electron chi connectivity index (χ4n) is 3.13. The van der Waals surface area contributed by atoms with Crippen molar-refractivity contribution in [3.05, 3.63) is 18.2 Å². The molecule has 0 bridgehead atoms. The van der Waals surface area contributed by atoms with Crippen LogP contribution < -0.4 is 16.4 Å². The van der Waals surface area contributed by atoms with Crippen molar-refractivity contribution in [2.24, 2.45) is 5.73 Å². The van der Waals surface area contributed by atoms with E-state index in [4.69, 9.17) is 21.1 Å². The largest absolute Gasteiger partial charge is 0.480 e. The van der Waals surface area contributed by atoms with Crippen LogP contribution in [0.25, 0.3) is 0 Å². The third kappa shape index (κ3) is 5.75. The van der Waals surface area contributed by atoms with Crippen molar-refractivity contribution in [2.45, 2.75) is 43.4 Å². The van der Waals surface area contributed by atoms with E-state index in [1.165, 1.54) is 17.4 Å². The Morgan fingerprint density at radius 1 is 1.23 bits per heavy atom. The predicted molar refractivity (Wildman–Crippen MR) is 101 cm³/mol. The summed E-state index contributed by atoms with van der Waals surface area (Å²) in [6.45, 7) is -1.17. The molecule has 0 aromatic carbocycles. The van der Waals surface area contributed by atoms with Gasteiger partial charge in [0.1, 0.15) is 24.2 Å².